The van der Waals surface area contributed by atoms with Gasteiger partial charge in [-0.3, -0.25) is 9.79 Å². The molecule has 6 nitrogen and oxygen atoms in total. The molecule has 6 heteroatoms. The molecule has 134 valence electrons. The Hall–Kier alpha value is -2.24. The highest BCUT2D eigenvalue weighted by atomic mass is 16.5. The Morgan fingerprint density at radius 3 is 2.46 bits per heavy atom. The molecule has 1 rings (SSSR count). The second-order valence-corrected chi connectivity index (χ2v) is 5.94. The standard InChI is InChI=1S/C18H30N4O2/c1-13(2)17(23)20-10-11-22-18(19-4)21-9-8-15-12-14(3)6-7-16(15)24-5/h6-7,12-13H,8-11H2,1-5H3,(H,20,23)(H2,19,21,22). The number of aliphatic imine (C=N–C) groups is 1. The third-order valence-corrected chi connectivity index (χ3v) is 3.59. The molecule has 3 N–H and O–H groups in total. The number of ether oxygens (including phenoxy) is 1. The van der Waals surface area contributed by atoms with E-state index in [2.05, 4.69) is 33.9 Å². The molecule has 0 spiro atoms. The van der Waals surface area contributed by atoms with E-state index in [1.165, 1.54) is 11.1 Å². The third-order valence-electron chi connectivity index (χ3n) is 3.59. The van der Waals surface area contributed by atoms with E-state index in [0.29, 0.717) is 13.1 Å². The van der Waals surface area contributed by atoms with Crippen molar-refractivity contribution in [3.05, 3.63) is 29.3 Å². The van der Waals surface area contributed by atoms with Crippen molar-refractivity contribution in [1.29, 1.82) is 0 Å². The summed E-state index contributed by atoms with van der Waals surface area (Å²) in [4.78, 5) is 15.7. The molecule has 0 fully saturated rings. The molecule has 0 saturated carbocycles. The summed E-state index contributed by atoms with van der Waals surface area (Å²) in [6.07, 6.45) is 0.843. The molecule has 1 amide bonds. The smallest absolute Gasteiger partial charge is 0.222 e. The van der Waals surface area contributed by atoms with Crippen LogP contribution in [0.4, 0.5) is 0 Å². The first-order chi connectivity index (χ1) is 11.5. The number of nitrogens with one attached hydrogen (secondary N) is 3. The molecule has 0 atom stereocenters. The van der Waals surface area contributed by atoms with Crippen molar-refractivity contribution in [3.63, 3.8) is 0 Å². The number of hydrogen-bond donors (Lipinski definition) is 3. The molecule has 0 aliphatic heterocycles. The molecule has 0 unspecified atom stereocenters. The lowest BCUT2D eigenvalue weighted by atomic mass is 10.1. The van der Waals surface area contributed by atoms with Gasteiger partial charge in [0.15, 0.2) is 5.96 Å². The number of hydrogen-bond acceptors (Lipinski definition) is 3. The van der Waals surface area contributed by atoms with E-state index in [-0.39, 0.29) is 11.8 Å². The fourth-order valence-corrected chi connectivity index (χ4v) is 2.21. The van der Waals surface area contributed by atoms with Crippen LogP contribution in [0.25, 0.3) is 0 Å². The molecular formula is C18H30N4O2. The van der Waals surface area contributed by atoms with Gasteiger partial charge in [-0.1, -0.05) is 31.5 Å². The number of carbonyl (C=O) groups is 1. The first kappa shape index (κ1) is 19.8. The maximum Gasteiger partial charge on any atom is 0.222 e. The molecule has 0 radical (unpaired) electrons. The maximum atomic E-state index is 11.5. The molecule has 0 aliphatic rings. The monoisotopic (exact) mass is 334 g/mol. The van der Waals surface area contributed by atoms with Gasteiger partial charge in [-0.2, -0.15) is 0 Å². The van der Waals surface area contributed by atoms with Gasteiger partial charge in [0.25, 0.3) is 0 Å². The van der Waals surface area contributed by atoms with Gasteiger partial charge < -0.3 is 20.7 Å². The summed E-state index contributed by atoms with van der Waals surface area (Å²) in [6.45, 7) is 7.78. The predicted molar refractivity (Wildman–Crippen MR) is 98.6 cm³/mol. The first-order valence-electron chi connectivity index (χ1n) is 8.33. The summed E-state index contributed by atoms with van der Waals surface area (Å²) in [6, 6.07) is 6.18. The zero-order chi connectivity index (χ0) is 17.9. The Morgan fingerprint density at radius 2 is 1.83 bits per heavy atom. The fraction of sp³-hybridized carbons (Fsp3) is 0.556. The van der Waals surface area contributed by atoms with Gasteiger partial charge in [0.2, 0.25) is 5.91 Å². The highest BCUT2D eigenvalue weighted by Gasteiger charge is 2.06. The van der Waals surface area contributed by atoms with Crippen LogP contribution in [0.3, 0.4) is 0 Å². The largest absolute Gasteiger partial charge is 0.496 e. The van der Waals surface area contributed by atoms with E-state index in [1.54, 1.807) is 14.2 Å². The second kappa shape index (κ2) is 10.5. The van der Waals surface area contributed by atoms with E-state index in [1.807, 2.05) is 26.0 Å². The number of carbonyl (C=O) groups excluding carboxylic acids is 1. The quantitative estimate of drug-likeness (QED) is 0.382. The van der Waals surface area contributed by atoms with E-state index in [9.17, 15) is 4.79 Å². The van der Waals surface area contributed by atoms with Gasteiger partial charge in [-0.05, 0) is 25.0 Å². The number of amides is 1. The number of methoxy groups -OCH3 is 1. The van der Waals surface area contributed by atoms with Gasteiger partial charge >= 0.3 is 0 Å². The number of aryl methyl sites for hydroxylation is 1. The third kappa shape index (κ3) is 6.89. The minimum absolute atomic E-state index is 0.00625. The number of rotatable bonds is 8. The Bertz CT molecular complexity index is 556. The zero-order valence-electron chi connectivity index (χ0n) is 15.4. The molecule has 0 aromatic heterocycles. The summed E-state index contributed by atoms with van der Waals surface area (Å²) in [5.41, 5.74) is 2.39. The van der Waals surface area contributed by atoms with Crippen LogP contribution >= 0.6 is 0 Å². The topological polar surface area (TPSA) is 74.8 Å². The first-order valence-corrected chi connectivity index (χ1v) is 8.33. The Labute approximate surface area is 145 Å². The maximum absolute atomic E-state index is 11.5. The zero-order valence-corrected chi connectivity index (χ0v) is 15.4. The lowest BCUT2D eigenvalue weighted by Crippen LogP contribution is -2.42. The minimum Gasteiger partial charge on any atom is -0.496 e. The van der Waals surface area contributed by atoms with Crippen molar-refractivity contribution >= 4 is 11.9 Å². The van der Waals surface area contributed by atoms with Crippen LogP contribution in [0.1, 0.15) is 25.0 Å². The summed E-state index contributed by atoms with van der Waals surface area (Å²) in [5.74, 6) is 1.69. The van der Waals surface area contributed by atoms with Gasteiger partial charge in [-0.15, -0.1) is 0 Å². The van der Waals surface area contributed by atoms with Crippen molar-refractivity contribution in [2.75, 3.05) is 33.8 Å². The average molecular weight is 334 g/mol. The summed E-state index contributed by atoms with van der Waals surface area (Å²) < 4.78 is 5.39. The Morgan fingerprint density at radius 1 is 1.17 bits per heavy atom. The molecule has 1 aromatic rings. The van der Waals surface area contributed by atoms with Crippen molar-refractivity contribution < 1.29 is 9.53 Å². The Kier molecular flexibility index (Phi) is 8.68. The van der Waals surface area contributed by atoms with Crippen LogP contribution in [-0.2, 0) is 11.2 Å². The van der Waals surface area contributed by atoms with Crippen LogP contribution in [0, 0.1) is 12.8 Å². The molecule has 1 aromatic carbocycles. The van der Waals surface area contributed by atoms with Crippen LogP contribution in [-0.4, -0.2) is 45.7 Å². The SMILES string of the molecule is CN=C(NCCNC(=O)C(C)C)NCCc1cc(C)ccc1OC. The number of guanidine groups is 1. The molecular weight excluding hydrogens is 304 g/mol. The van der Waals surface area contributed by atoms with Crippen LogP contribution in [0.15, 0.2) is 23.2 Å². The van der Waals surface area contributed by atoms with E-state index < -0.39 is 0 Å². The van der Waals surface area contributed by atoms with Crippen molar-refractivity contribution in [2.45, 2.75) is 27.2 Å². The molecule has 0 heterocycles. The highest BCUT2D eigenvalue weighted by molar-refractivity contribution is 5.80. The lowest BCUT2D eigenvalue weighted by molar-refractivity contribution is -0.123. The highest BCUT2D eigenvalue weighted by Crippen LogP contribution is 2.19. The average Bonchev–Trinajstić information content (AvgIpc) is 2.56. The fourth-order valence-electron chi connectivity index (χ4n) is 2.21. The molecule has 24 heavy (non-hydrogen) atoms. The molecule has 0 bridgehead atoms. The minimum atomic E-state index is 0.00625. The molecule has 0 saturated heterocycles. The number of nitrogens with zero attached hydrogens (tertiary/aromatic N) is 1. The van der Waals surface area contributed by atoms with Crippen molar-refractivity contribution in [3.8, 4) is 5.75 Å². The summed E-state index contributed by atoms with van der Waals surface area (Å²) in [7, 11) is 3.42. The van der Waals surface area contributed by atoms with Crippen LogP contribution in [0.5, 0.6) is 5.75 Å². The Balaban J connectivity index is 2.35. The van der Waals surface area contributed by atoms with E-state index >= 15 is 0 Å². The number of benzene rings is 1. The van der Waals surface area contributed by atoms with Crippen molar-refractivity contribution in [1.82, 2.24) is 16.0 Å². The molecule has 0 aliphatic carbocycles. The summed E-state index contributed by atoms with van der Waals surface area (Å²) >= 11 is 0. The van der Waals surface area contributed by atoms with E-state index in [0.717, 1.165) is 24.7 Å². The lowest BCUT2D eigenvalue weighted by Gasteiger charge is -2.14. The predicted octanol–water partition coefficient (Wildman–Crippen LogP) is 1.48. The van der Waals surface area contributed by atoms with Gasteiger partial charge in [0.1, 0.15) is 5.75 Å². The van der Waals surface area contributed by atoms with Crippen LogP contribution in [0.2, 0.25) is 0 Å². The summed E-state index contributed by atoms with van der Waals surface area (Å²) in [5, 5.41) is 9.32. The van der Waals surface area contributed by atoms with Crippen molar-refractivity contribution in [2.24, 2.45) is 10.9 Å². The normalized spacial score (nSPS) is 11.3. The van der Waals surface area contributed by atoms with Crippen LogP contribution < -0.4 is 20.7 Å². The van der Waals surface area contributed by atoms with Gasteiger partial charge in [-0.25, -0.2) is 0 Å². The second-order valence-electron chi connectivity index (χ2n) is 5.94. The van der Waals surface area contributed by atoms with E-state index in [4.69, 9.17) is 4.74 Å². The van der Waals surface area contributed by atoms with Gasteiger partial charge in [0, 0.05) is 32.6 Å². The van der Waals surface area contributed by atoms with Gasteiger partial charge in [0.05, 0.1) is 7.11 Å².